The zero-order valence-corrected chi connectivity index (χ0v) is 11.6. The van der Waals surface area contributed by atoms with Gasteiger partial charge in [0.15, 0.2) is 0 Å². The van der Waals surface area contributed by atoms with Crippen LogP contribution in [0.4, 0.5) is 13.2 Å². The number of hydrogen-bond acceptors (Lipinski definition) is 3. The largest absolute Gasteiger partial charge is 0.478 e. The first-order chi connectivity index (χ1) is 9.81. The average molecular weight is 302 g/mol. The van der Waals surface area contributed by atoms with Crippen molar-refractivity contribution in [3.05, 3.63) is 34.9 Å². The molecule has 1 aliphatic rings. The van der Waals surface area contributed by atoms with Crippen LogP contribution in [0, 0.1) is 0 Å². The quantitative estimate of drug-likeness (QED) is 0.895. The minimum absolute atomic E-state index is 0.115. The van der Waals surface area contributed by atoms with E-state index in [4.69, 9.17) is 5.11 Å². The van der Waals surface area contributed by atoms with Crippen LogP contribution in [0.25, 0.3) is 0 Å². The van der Waals surface area contributed by atoms with Gasteiger partial charge in [-0.15, -0.1) is 0 Å². The number of halogens is 3. The van der Waals surface area contributed by atoms with Crippen molar-refractivity contribution < 1.29 is 23.1 Å². The molecule has 0 aliphatic carbocycles. The lowest BCUT2D eigenvalue weighted by Crippen LogP contribution is -2.29. The van der Waals surface area contributed by atoms with E-state index in [0.717, 1.165) is 13.0 Å². The lowest BCUT2D eigenvalue weighted by Gasteiger charge is -2.20. The molecule has 0 radical (unpaired) electrons. The molecule has 7 heteroatoms. The molecule has 1 saturated heterocycles. The fourth-order valence-corrected chi connectivity index (χ4v) is 2.56. The molecule has 0 saturated carbocycles. The highest BCUT2D eigenvalue weighted by Gasteiger charge is 2.35. The van der Waals surface area contributed by atoms with E-state index in [-0.39, 0.29) is 23.7 Å². The first-order valence-corrected chi connectivity index (χ1v) is 6.64. The SMILES string of the molecule is CNC1CCN(Cc2ccc(C(=O)O)cc2C(F)(F)F)C1. The summed E-state index contributed by atoms with van der Waals surface area (Å²) in [5.41, 5.74) is -1.10. The Morgan fingerprint density at radius 2 is 2.19 bits per heavy atom. The van der Waals surface area contributed by atoms with Crippen LogP contribution >= 0.6 is 0 Å². The van der Waals surface area contributed by atoms with Crippen molar-refractivity contribution in [1.82, 2.24) is 10.2 Å². The maximum atomic E-state index is 13.1. The van der Waals surface area contributed by atoms with Crippen molar-refractivity contribution in [3.63, 3.8) is 0 Å². The third-order valence-electron chi connectivity index (χ3n) is 3.74. The normalized spacial score (nSPS) is 19.9. The van der Waals surface area contributed by atoms with E-state index in [1.165, 1.54) is 12.1 Å². The fraction of sp³-hybridized carbons (Fsp3) is 0.500. The molecular weight excluding hydrogens is 285 g/mol. The maximum absolute atomic E-state index is 13.1. The molecule has 0 amide bonds. The minimum atomic E-state index is -4.55. The lowest BCUT2D eigenvalue weighted by atomic mass is 10.0. The van der Waals surface area contributed by atoms with E-state index in [2.05, 4.69) is 5.32 Å². The van der Waals surface area contributed by atoms with E-state index >= 15 is 0 Å². The van der Waals surface area contributed by atoms with Crippen molar-refractivity contribution in [2.75, 3.05) is 20.1 Å². The second kappa shape index (κ2) is 6.03. The number of benzene rings is 1. The van der Waals surface area contributed by atoms with Gasteiger partial charge in [0.25, 0.3) is 0 Å². The van der Waals surface area contributed by atoms with Gasteiger partial charge in [0.2, 0.25) is 0 Å². The van der Waals surface area contributed by atoms with Gasteiger partial charge in [-0.3, -0.25) is 4.90 Å². The van der Waals surface area contributed by atoms with Crippen molar-refractivity contribution in [2.45, 2.75) is 25.2 Å². The molecule has 2 N–H and O–H groups in total. The standard InChI is InChI=1S/C14H17F3N2O2/c1-18-11-4-5-19(8-11)7-10-3-2-9(13(20)21)6-12(10)14(15,16)17/h2-3,6,11,18H,4-5,7-8H2,1H3,(H,20,21). The molecule has 4 nitrogen and oxygen atoms in total. The number of likely N-dealkylation sites (tertiary alicyclic amines) is 1. The van der Waals surface area contributed by atoms with Gasteiger partial charge in [-0.05, 0) is 31.2 Å². The number of nitrogens with zero attached hydrogens (tertiary/aromatic N) is 1. The Kier molecular flexibility index (Phi) is 4.53. The summed E-state index contributed by atoms with van der Waals surface area (Å²) >= 11 is 0. The zero-order chi connectivity index (χ0) is 15.6. The van der Waals surface area contributed by atoms with Crippen molar-refractivity contribution in [2.24, 2.45) is 0 Å². The number of nitrogens with one attached hydrogen (secondary N) is 1. The highest BCUT2D eigenvalue weighted by Crippen LogP contribution is 2.33. The topological polar surface area (TPSA) is 52.6 Å². The van der Waals surface area contributed by atoms with Crippen molar-refractivity contribution in [3.8, 4) is 0 Å². The van der Waals surface area contributed by atoms with Crippen LogP contribution in [0.15, 0.2) is 18.2 Å². The van der Waals surface area contributed by atoms with E-state index in [9.17, 15) is 18.0 Å². The van der Waals surface area contributed by atoms with E-state index in [0.29, 0.717) is 12.6 Å². The Bertz CT molecular complexity index is 531. The molecule has 116 valence electrons. The van der Waals surface area contributed by atoms with Crippen LogP contribution in [0.3, 0.4) is 0 Å². The van der Waals surface area contributed by atoms with E-state index < -0.39 is 17.7 Å². The van der Waals surface area contributed by atoms with Crippen LogP contribution in [-0.2, 0) is 12.7 Å². The smallest absolute Gasteiger partial charge is 0.416 e. The van der Waals surface area contributed by atoms with Gasteiger partial charge in [0, 0.05) is 25.7 Å². The number of likely N-dealkylation sites (N-methyl/N-ethyl adjacent to an activating group) is 1. The van der Waals surface area contributed by atoms with Gasteiger partial charge < -0.3 is 10.4 Å². The molecule has 1 atom stereocenters. The minimum Gasteiger partial charge on any atom is -0.478 e. The molecule has 1 heterocycles. The third-order valence-corrected chi connectivity index (χ3v) is 3.74. The van der Waals surface area contributed by atoms with Gasteiger partial charge in [-0.25, -0.2) is 4.79 Å². The van der Waals surface area contributed by atoms with Crippen molar-refractivity contribution >= 4 is 5.97 Å². The molecule has 21 heavy (non-hydrogen) atoms. The summed E-state index contributed by atoms with van der Waals surface area (Å²) in [6.45, 7) is 1.59. The van der Waals surface area contributed by atoms with Gasteiger partial charge >= 0.3 is 12.1 Å². The van der Waals surface area contributed by atoms with E-state index in [1.807, 2.05) is 11.9 Å². The van der Waals surface area contributed by atoms with Gasteiger partial charge in [0.1, 0.15) is 0 Å². The number of rotatable bonds is 4. The summed E-state index contributed by atoms with van der Waals surface area (Å²) in [6.07, 6.45) is -3.66. The average Bonchev–Trinajstić information content (AvgIpc) is 2.85. The Hall–Kier alpha value is -1.60. The molecule has 2 rings (SSSR count). The molecule has 1 aromatic carbocycles. The van der Waals surface area contributed by atoms with E-state index in [1.54, 1.807) is 0 Å². The summed E-state index contributed by atoms with van der Waals surface area (Å²) in [5, 5.41) is 11.9. The third kappa shape index (κ3) is 3.74. The van der Waals surface area contributed by atoms with Gasteiger partial charge in [0.05, 0.1) is 11.1 Å². The maximum Gasteiger partial charge on any atom is 0.416 e. The molecule has 0 bridgehead atoms. The van der Waals surface area contributed by atoms with Gasteiger partial charge in [-0.2, -0.15) is 13.2 Å². The second-order valence-electron chi connectivity index (χ2n) is 5.18. The Balaban J connectivity index is 2.24. The molecule has 1 aromatic rings. The summed E-state index contributed by atoms with van der Waals surface area (Å²) in [5.74, 6) is -1.36. The summed E-state index contributed by atoms with van der Waals surface area (Å²) in [7, 11) is 1.83. The van der Waals surface area contributed by atoms with Crippen molar-refractivity contribution in [1.29, 1.82) is 0 Å². The number of carboxylic acid groups (broad SMARTS) is 1. The van der Waals surface area contributed by atoms with Crippen LogP contribution in [0.2, 0.25) is 0 Å². The van der Waals surface area contributed by atoms with Crippen LogP contribution < -0.4 is 5.32 Å². The molecule has 1 unspecified atom stereocenters. The van der Waals surface area contributed by atoms with Crippen LogP contribution in [0.5, 0.6) is 0 Å². The fourth-order valence-electron chi connectivity index (χ4n) is 2.56. The number of carboxylic acids is 1. The molecule has 1 aliphatic heterocycles. The molecule has 1 fully saturated rings. The first-order valence-electron chi connectivity index (χ1n) is 6.64. The number of hydrogen-bond donors (Lipinski definition) is 2. The van der Waals surface area contributed by atoms with Crippen LogP contribution in [0.1, 0.15) is 27.9 Å². The second-order valence-corrected chi connectivity index (χ2v) is 5.18. The first kappa shape index (κ1) is 15.8. The molecule has 0 spiro atoms. The number of carbonyl (C=O) groups is 1. The van der Waals surface area contributed by atoms with Crippen LogP contribution in [-0.4, -0.2) is 42.2 Å². The zero-order valence-electron chi connectivity index (χ0n) is 11.6. The lowest BCUT2D eigenvalue weighted by molar-refractivity contribution is -0.138. The summed E-state index contributed by atoms with van der Waals surface area (Å²) in [4.78, 5) is 12.8. The molecular formula is C14H17F3N2O2. The Morgan fingerprint density at radius 3 is 2.71 bits per heavy atom. The Labute approximate surface area is 120 Å². The Morgan fingerprint density at radius 1 is 1.48 bits per heavy atom. The highest BCUT2D eigenvalue weighted by molar-refractivity contribution is 5.88. The van der Waals surface area contributed by atoms with Gasteiger partial charge in [-0.1, -0.05) is 6.07 Å². The molecule has 0 aromatic heterocycles. The predicted octanol–water partition coefficient (Wildman–Crippen LogP) is 2.20. The monoisotopic (exact) mass is 302 g/mol. The number of aromatic carboxylic acids is 1. The highest BCUT2D eigenvalue weighted by atomic mass is 19.4. The predicted molar refractivity (Wildman–Crippen MR) is 71.1 cm³/mol. The number of alkyl halides is 3. The summed E-state index contributed by atoms with van der Waals surface area (Å²) < 4.78 is 39.3. The summed E-state index contributed by atoms with van der Waals surface area (Å²) in [6, 6.07) is 3.48.